The summed E-state index contributed by atoms with van der Waals surface area (Å²) in [6, 6.07) is 17.8. The highest BCUT2D eigenvalue weighted by molar-refractivity contribution is 5.96. The fraction of sp³-hybridized carbons (Fsp3) is 0.333. The van der Waals surface area contributed by atoms with Crippen LogP contribution >= 0.6 is 0 Å². The van der Waals surface area contributed by atoms with Crippen LogP contribution in [0.15, 0.2) is 90.8 Å². The summed E-state index contributed by atoms with van der Waals surface area (Å²) in [4.78, 5) is 8.78. The van der Waals surface area contributed by atoms with Gasteiger partial charge in [0, 0.05) is 41.8 Å². The van der Waals surface area contributed by atoms with Crippen molar-refractivity contribution in [1.29, 1.82) is 0 Å². The quantitative estimate of drug-likeness (QED) is 0.232. The van der Waals surface area contributed by atoms with Gasteiger partial charge in [0.15, 0.2) is 0 Å². The Balaban J connectivity index is 0.000000856. The zero-order chi connectivity index (χ0) is 28.9. The number of allylic oxidation sites excluding steroid dienone is 3. The van der Waals surface area contributed by atoms with Crippen molar-refractivity contribution in [3.05, 3.63) is 102 Å². The van der Waals surface area contributed by atoms with E-state index >= 15 is 0 Å². The second-order valence-electron chi connectivity index (χ2n) is 7.95. The molecule has 39 heavy (non-hydrogen) atoms. The van der Waals surface area contributed by atoms with E-state index in [1.807, 2.05) is 115 Å². The maximum absolute atomic E-state index is 6.03. The summed E-state index contributed by atoms with van der Waals surface area (Å²) in [5.74, 6) is 0.502. The lowest BCUT2D eigenvalue weighted by atomic mass is 10.1. The van der Waals surface area contributed by atoms with Crippen LogP contribution in [0.5, 0.6) is 5.88 Å². The van der Waals surface area contributed by atoms with E-state index in [4.69, 9.17) is 9.72 Å². The van der Waals surface area contributed by atoms with Gasteiger partial charge in [-0.2, -0.15) is 0 Å². The molecule has 1 N–H and O–H groups in total. The Labute approximate surface area is 235 Å². The summed E-state index contributed by atoms with van der Waals surface area (Å²) in [6.07, 6.45) is 9.61. The van der Waals surface area contributed by atoms with Crippen LogP contribution in [-0.2, 0) is 13.2 Å². The highest BCUT2D eigenvalue weighted by atomic mass is 16.5. The lowest BCUT2D eigenvalue weighted by Crippen LogP contribution is -2.17. The number of pyridine rings is 2. The highest BCUT2D eigenvalue weighted by Gasteiger charge is 2.12. The van der Waals surface area contributed by atoms with Gasteiger partial charge >= 0.3 is 0 Å². The number of rotatable bonds is 8. The highest BCUT2D eigenvalue weighted by Crippen LogP contribution is 2.30. The number of nitrogens with one attached hydrogen (secondary N) is 1. The first-order valence-corrected chi connectivity index (χ1v) is 13.8. The van der Waals surface area contributed by atoms with Gasteiger partial charge in [-0.3, -0.25) is 9.97 Å². The molecule has 0 atom stereocenters. The molecule has 3 aromatic heterocycles. The van der Waals surface area contributed by atoms with Crippen molar-refractivity contribution >= 4 is 10.8 Å². The van der Waals surface area contributed by atoms with Gasteiger partial charge in [0.2, 0.25) is 5.88 Å². The van der Waals surface area contributed by atoms with E-state index < -0.39 is 0 Å². The molecule has 0 saturated heterocycles. The van der Waals surface area contributed by atoms with Gasteiger partial charge in [-0.25, -0.2) is 0 Å². The van der Waals surface area contributed by atoms with Gasteiger partial charge < -0.3 is 10.1 Å². The van der Waals surface area contributed by atoms with Crippen molar-refractivity contribution in [3.8, 4) is 17.1 Å². The molecule has 6 heteroatoms. The van der Waals surface area contributed by atoms with Crippen molar-refractivity contribution in [2.45, 2.75) is 68.5 Å². The molecule has 1 aromatic carbocycles. The lowest BCUT2D eigenvalue weighted by molar-refractivity contribution is 0.289. The van der Waals surface area contributed by atoms with E-state index in [1.54, 1.807) is 12.4 Å². The van der Waals surface area contributed by atoms with Gasteiger partial charge in [0.1, 0.15) is 12.3 Å². The Hall–Kier alpha value is -3.90. The van der Waals surface area contributed by atoms with Gasteiger partial charge in [-0.15, -0.1) is 10.2 Å². The summed E-state index contributed by atoms with van der Waals surface area (Å²) in [5, 5.41) is 14.1. The molecule has 0 fully saturated rings. The molecule has 208 valence electrons. The molecule has 4 aromatic rings. The Morgan fingerprint density at radius 1 is 0.795 bits per heavy atom. The summed E-state index contributed by atoms with van der Waals surface area (Å²) < 4.78 is 6.03. The average Bonchev–Trinajstić information content (AvgIpc) is 3.02. The number of nitrogens with zero attached hydrogens (tertiary/aromatic N) is 4. The number of fused-ring (bicyclic) bond motifs is 1. The smallest absolute Gasteiger partial charge is 0.241 e. The number of hydrogen-bond donors (Lipinski definition) is 1. The van der Waals surface area contributed by atoms with Crippen molar-refractivity contribution in [2.75, 3.05) is 6.54 Å². The molecular weight excluding hydrogens is 482 g/mol. The Kier molecular flexibility index (Phi) is 17.1. The van der Waals surface area contributed by atoms with E-state index in [0.717, 1.165) is 40.0 Å². The van der Waals surface area contributed by atoms with Crippen LogP contribution in [0.4, 0.5) is 0 Å². The van der Waals surface area contributed by atoms with Crippen molar-refractivity contribution in [3.63, 3.8) is 0 Å². The van der Waals surface area contributed by atoms with E-state index in [9.17, 15) is 0 Å². The molecule has 0 amide bonds. The number of ether oxygens (including phenoxy) is 1. The Morgan fingerprint density at radius 2 is 1.44 bits per heavy atom. The Bertz CT molecular complexity index is 1270. The minimum Gasteiger partial charge on any atom is -0.470 e. The summed E-state index contributed by atoms with van der Waals surface area (Å²) >= 11 is 0. The topological polar surface area (TPSA) is 72.8 Å². The first kappa shape index (κ1) is 33.1. The molecule has 0 radical (unpaired) electrons. The molecule has 0 spiro atoms. The molecule has 0 aliphatic rings. The monoisotopic (exact) mass is 527 g/mol. The first-order valence-electron chi connectivity index (χ1n) is 13.8. The van der Waals surface area contributed by atoms with Crippen molar-refractivity contribution in [1.82, 2.24) is 25.5 Å². The normalized spacial score (nSPS) is 10.5. The second kappa shape index (κ2) is 20.1. The zero-order valence-electron chi connectivity index (χ0n) is 24.9. The van der Waals surface area contributed by atoms with Crippen molar-refractivity contribution < 1.29 is 4.74 Å². The number of hydrogen-bond acceptors (Lipinski definition) is 6. The summed E-state index contributed by atoms with van der Waals surface area (Å²) in [5.41, 5.74) is 4.92. The van der Waals surface area contributed by atoms with E-state index in [0.29, 0.717) is 19.0 Å². The maximum Gasteiger partial charge on any atom is 0.241 e. The third-order valence-electron chi connectivity index (χ3n) is 5.36. The standard InChI is InChI=1S/C25H25N5O.C4H8.2C2H6/c1-3-18(2)15-27-16-20-7-6-8-21(28-20)17-31-25-23-10-5-4-9-22(23)24(29-30-25)19-11-13-26-14-12-19;1-3-4-2;2*1-2/h3-14,27H,15-17H2,1-2H3;3-4H,1-2H3;2*1-2H3/b18-3+;4-3-;;. The van der Waals surface area contributed by atoms with Crippen molar-refractivity contribution in [2.24, 2.45) is 0 Å². The second-order valence-corrected chi connectivity index (χ2v) is 7.95. The van der Waals surface area contributed by atoms with Crippen LogP contribution in [-0.4, -0.2) is 26.7 Å². The SMILES string of the molecule is C/C=C(\C)CNCc1cccc(COc2nnc(-c3ccncc3)c3ccccc23)n1.C/C=C\C.CC.CC. The first-order chi connectivity index (χ1) is 19.2. The van der Waals surface area contributed by atoms with Gasteiger partial charge in [0.25, 0.3) is 0 Å². The largest absolute Gasteiger partial charge is 0.470 e. The van der Waals surface area contributed by atoms with Crippen LogP contribution < -0.4 is 10.1 Å². The maximum atomic E-state index is 6.03. The zero-order valence-corrected chi connectivity index (χ0v) is 24.9. The molecule has 0 bridgehead atoms. The number of aromatic nitrogens is 4. The van der Waals surface area contributed by atoms with Crippen LogP contribution in [0.1, 0.15) is 66.8 Å². The molecule has 3 heterocycles. The van der Waals surface area contributed by atoms with Gasteiger partial charge in [0.05, 0.1) is 11.4 Å². The van der Waals surface area contributed by atoms with Crippen LogP contribution in [0.3, 0.4) is 0 Å². The third-order valence-corrected chi connectivity index (χ3v) is 5.36. The molecule has 0 aliphatic carbocycles. The Morgan fingerprint density at radius 3 is 2.08 bits per heavy atom. The molecule has 0 aliphatic heterocycles. The third kappa shape index (κ3) is 11.2. The average molecular weight is 528 g/mol. The molecular formula is C33H45N5O. The fourth-order valence-electron chi connectivity index (χ4n) is 3.25. The molecule has 0 saturated carbocycles. The van der Waals surface area contributed by atoms with Crippen LogP contribution in [0, 0.1) is 0 Å². The summed E-state index contributed by atoms with van der Waals surface area (Å²) in [7, 11) is 0. The fourth-order valence-corrected chi connectivity index (χ4v) is 3.25. The van der Waals surface area contributed by atoms with Gasteiger partial charge in [-0.05, 0) is 58.0 Å². The summed E-state index contributed by atoms with van der Waals surface area (Å²) in [6.45, 7) is 18.0. The van der Waals surface area contributed by atoms with Gasteiger partial charge in [-0.1, -0.05) is 75.8 Å². The van der Waals surface area contributed by atoms with E-state index in [1.165, 1.54) is 5.57 Å². The van der Waals surface area contributed by atoms with Crippen LogP contribution in [0.25, 0.3) is 22.0 Å². The van der Waals surface area contributed by atoms with Crippen LogP contribution in [0.2, 0.25) is 0 Å². The molecule has 4 rings (SSSR count). The molecule has 6 nitrogen and oxygen atoms in total. The number of benzene rings is 1. The minimum atomic E-state index is 0.328. The minimum absolute atomic E-state index is 0.328. The van der Waals surface area contributed by atoms with E-state index in [2.05, 4.69) is 33.5 Å². The predicted octanol–water partition coefficient (Wildman–Crippen LogP) is 8.36. The van der Waals surface area contributed by atoms with E-state index in [-0.39, 0.29) is 0 Å². The predicted molar refractivity (Wildman–Crippen MR) is 166 cm³/mol. The molecule has 0 unspecified atom stereocenters. The lowest BCUT2D eigenvalue weighted by Gasteiger charge is -2.11.